The molecule has 2 saturated heterocycles. The first-order chi connectivity index (χ1) is 12.8. The number of amides is 2. The van der Waals surface area contributed by atoms with E-state index in [4.69, 9.17) is 4.74 Å². The maximum Gasteiger partial charge on any atom is 0.416 e. The molecule has 1 N–H and O–H groups in total. The van der Waals surface area contributed by atoms with Crippen molar-refractivity contribution in [3.63, 3.8) is 0 Å². The summed E-state index contributed by atoms with van der Waals surface area (Å²) < 4.78 is 30.0. The highest BCUT2D eigenvalue weighted by Gasteiger charge is 2.33. The van der Waals surface area contributed by atoms with E-state index in [1.165, 1.54) is 15.5 Å². The second-order valence-electron chi connectivity index (χ2n) is 6.57. The number of hydrogen-bond donors (Lipinski definition) is 1. The average Bonchev–Trinajstić information content (AvgIpc) is 3.01. The van der Waals surface area contributed by atoms with Crippen LogP contribution < -0.4 is 15.1 Å². The second-order valence-corrected chi connectivity index (χ2v) is 8.56. The van der Waals surface area contributed by atoms with Crippen LogP contribution in [0, 0.1) is 0 Å². The monoisotopic (exact) mass is 396 g/mol. The highest BCUT2D eigenvalue weighted by atomic mass is 32.2. The Morgan fingerprint density at radius 3 is 2.52 bits per heavy atom. The number of anilines is 2. The fraction of sp³-hybridized carbons (Fsp3) is 0.529. The molecule has 3 rings (SSSR count). The van der Waals surface area contributed by atoms with E-state index in [-0.39, 0.29) is 12.5 Å². The molecule has 0 aliphatic carbocycles. The summed E-state index contributed by atoms with van der Waals surface area (Å²) in [6, 6.07) is 7.46. The number of carbonyl (C=O) groups is 2. The van der Waals surface area contributed by atoms with Crippen LogP contribution in [0.25, 0.3) is 0 Å². The van der Waals surface area contributed by atoms with Gasteiger partial charge in [0.2, 0.25) is 15.9 Å². The lowest BCUT2D eigenvalue weighted by atomic mass is 10.2. The van der Waals surface area contributed by atoms with Gasteiger partial charge in [0.15, 0.2) is 6.23 Å². The minimum Gasteiger partial charge on any atom is -0.423 e. The summed E-state index contributed by atoms with van der Waals surface area (Å²) in [5, 5.41) is 2.66. The third-order valence-corrected chi connectivity index (χ3v) is 5.97. The summed E-state index contributed by atoms with van der Waals surface area (Å²) in [6.45, 7) is 4.00. The van der Waals surface area contributed by atoms with E-state index in [1.54, 1.807) is 6.92 Å². The first kappa shape index (κ1) is 19.4. The lowest BCUT2D eigenvalue weighted by molar-refractivity contribution is -0.123. The third-order valence-electron chi connectivity index (χ3n) is 4.67. The van der Waals surface area contributed by atoms with Crippen LogP contribution in [-0.2, 0) is 19.6 Å². The van der Waals surface area contributed by atoms with Gasteiger partial charge in [-0.25, -0.2) is 13.2 Å². The van der Waals surface area contributed by atoms with Crippen LogP contribution in [0.1, 0.15) is 13.3 Å². The molecule has 0 saturated carbocycles. The Morgan fingerprint density at radius 1 is 1.22 bits per heavy atom. The van der Waals surface area contributed by atoms with Gasteiger partial charge in [-0.15, -0.1) is 0 Å². The van der Waals surface area contributed by atoms with Crippen LogP contribution in [-0.4, -0.2) is 69.9 Å². The molecule has 0 radical (unpaired) electrons. The molecule has 1 aromatic rings. The van der Waals surface area contributed by atoms with Gasteiger partial charge in [-0.3, -0.25) is 9.69 Å². The van der Waals surface area contributed by atoms with Crippen molar-refractivity contribution >= 4 is 33.4 Å². The molecule has 2 amide bonds. The average molecular weight is 396 g/mol. The van der Waals surface area contributed by atoms with Crippen molar-refractivity contribution in [3.8, 4) is 0 Å². The number of rotatable bonds is 5. The first-order valence-corrected chi connectivity index (χ1v) is 10.7. The molecule has 2 heterocycles. The number of sulfonamides is 1. The molecule has 2 aliphatic rings. The lowest BCUT2D eigenvalue weighted by Crippen LogP contribution is -2.48. The van der Waals surface area contributed by atoms with Gasteiger partial charge in [0, 0.05) is 44.0 Å². The normalized spacial score (nSPS) is 21.3. The van der Waals surface area contributed by atoms with Crippen LogP contribution in [0.15, 0.2) is 24.3 Å². The van der Waals surface area contributed by atoms with Gasteiger partial charge in [-0.05, 0) is 18.2 Å². The van der Waals surface area contributed by atoms with Crippen LogP contribution in [0.3, 0.4) is 0 Å². The largest absolute Gasteiger partial charge is 0.423 e. The maximum atomic E-state index is 12.2. The van der Waals surface area contributed by atoms with Crippen LogP contribution in [0.4, 0.5) is 16.2 Å². The summed E-state index contributed by atoms with van der Waals surface area (Å²) in [5.74, 6) is -0.174. The number of piperazine rings is 1. The summed E-state index contributed by atoms with van der Waals surface area (Å²) in [7, 11) is -3.18. The predicted octanol–water partition coefficient (Wildman–Crippen LogP) is 0.577. The molecule has 0 bridgehead atoms. The van der Waals surface area contributed by atoms with Gasteiger partial charge in [-0.1, -0.05) is 13.0 Å². The first-order valence-electron chi connectivity index (χ1n) is 8.85. The van der Waals surface area contributed by atoms with Crippen molar-refractivity contribution in [2.24, 2.45) is 0 Å². The highest BCUT2D eigenvalue weighted by Crippen LogP contribution is 2.27. The Hall–Kier alpha value is -2.33. The van der Waals surface area contributed by atoms with Crippen molar-refractivity contribution < 1.29 is 22.7 Å². The Labute approximate surface area is 158 Å². The number of nitrogens with zero attached hydrogens (tertiary/aromatic N) is 3. The van der Waals surface area contributed by atoms with E-state index in [1.807, 2.05) is 24.3 Å². The van der Waals surface area contributed by atoms with Crippen molar-refractivity contribution in [1.29, 1.82) is 0 Å². The molecule has 2 fully saturated rings. The smallest absolute Gasteiger partial charge is 0.416 e. The van der Waals surface area contributed by atoms with E-state index < -0.39 is 22.3 Å². The second kappa shape index (κ2) is 7.73. The van der Waals surface area contributed by atoms with E-state index in [0.29, 0.717) is 38.3 Å². The Kier molecular flexibility index (Phi) is 5.56. The minimum absolute atomic E-state index is 0.174. The molecular formula is C17H24N4O5S. The van der Waals surface area contributed by atoms with E-state index in [2.05, 4.69) is 10.2 Å². The highest BCUT2D eigenvalue weighted by molar-refractivity contribution is 7.88. The molecule has 1 unspecified atom stereocenters. The number of hydrogen-bond acceptors (Lipinski definition) is 6. The van der Waals surface area contributed by atoms with Crippen molar-refractivity contribution in [1.82, 2.24) is 9.62 Å². The summed E-state index contributed by atoms with van der Waals surface area (Å²) in [4.78, 5) is 27.2. The van der Waals surface area contributed by atoms with E-state index in [0.717, 1.165) is 5.69 Å². The number of carbonyl (C=O) groups excluding carboxylic acids is 2. The Balaban J connectivity index is 1.68. The number of benzene rings is 1. The molecule has 148 valence electrons. The zero-order chi connectivity index (χ0) is 19.6. The van der Waals surface area contributed by atoms with E-state index >= 15 is 0 Å². The van der Waals surface area contributed by atoms with Crippen molar-refractivity contribution in [3.05, 3.63) is 24.3 Å². The lowest BCUT2D eigenvalue weighted by Gasteiger charge is -2.35. The standard InChI is InChI=1S/C17H24N4O5S/c1-3-15(22)18-16-12-21(17(23)26-16)14-6-4-5-13(11-14)19-7-9-20(10-8-19)27(2,24)25/h4-6,11,16H,3,7-10,12H2,1-2H3,(H,18,22). The van der Waals surface area contributed by atoms with Crippen LogP contribution in [0.5, 0.6) is 0 Å². The molecule has 0 aromatic heterocycles. The van der Waals surface area contributed by atoms with Gasteiger partial charge in [0.05, 0.1) is 12.8 Å². The number of cyclic esters (lactones) is 1. The third kappa shape index (κ3) is 4.51. The molecule has 10 heteroatoms. The van der Waals surface area contributed by atoms with Gasteiger partial charge in [-0.2, -0.15) is 4.31 Å². The number of nitrogens with one attached hydrogen (secondary N) is 1. The van der Waals surface area contributed by atoms with Crippen molar-refractivity contribution in [2.75, 3.05) is 48.8 Å². The molecule has 0 spiro atoms. The maximum absolute atomic E-state index is 12.2. The minimum atomic E-state index is -3.18. The van der Waals surface area contributed by atoms with Gasteiger partial charge in [0.25, 0.3) is 0 Å². The molecule has 9 nitrogen and oxygen atoms in total. The molecule has 27 heavy (non-hydrogen) atoms. The summed E-state index contributed by atoms with van der Waals surface area (Å²) in [6.07, 6.45) is 0.376. The Bertz CT molecular complexity index is 820. The summed E-state index contributed by atoms with van der Waals surface area (Å²) >= 11 is 0. The molecule has 1 atom stereocenters. The van der Waals surface area contributed by atoms with Crippen LogP contribution in [0.2, 0.25) is 0 Å². The fourth-order valence-corrected chi connectivity index (χ4v) is 3.99. The molecule has 2 aliphatic heterocycles. The quantitative estimate of drug-likeness (QED) is 0.782. The SMILES string of the molecule is CCC(=O)NC1CN(c2cccc(N3CCN(S(C)(=O)=O)CC3)c2)C(=O)O1. The predicted molar refractivity (Wildman–Crippen MR) is 101 cm³/mol. The van der Waals surface area contributed by atoms with Crippen LogP contribution >= 0.6 is 0 Å². The van der Waals surface area contributed by atoms with Gasteiger partial charge in [0.1, 0.15) is 0 Å². The van der Waals surface area contributed by atoms with Gasteiger partial charge >= 0.3 is 6.09 Å². The topological polar surface area (TPSA) is 99.3 Å². The molecule has 1 aromatic carbocycles. The Morgan fingerprint density at radius 2 is 1.89 bits per heavy atom. The number of ether oxygens (including phenoxy) is 1. The van der Waals surface area contributed by atoms with Gasteiger partial charge < -0.3 is 15.0 Å². The summed E-state index contributed by atoms with van der Waals surface area (Å²) in [5.41, 5.74) is 1.59. The van der Waals surface area contributed by atoms with Crippen molar-refractivity contribution in [2.45, 2.75) is 19.6 Å². The zero-order valence-electron chi connectivity index (χ0n) is 15.4. The van der Waals surface area contributed by atoms with E-state index in [9.17, 15) is 18.0 Å². The fourth-order valence-electron chi connectivity index (χ4n) is 3.17. The zero-order valence-corrected chi connectivity index (χ0v) is 16.2. The molecular weight excluding hydrogens is 372 g/mol.